The maximum Gasteiger partial charge on any atom is 0.315 e. The van der Waals surface area contributed by atoms with Crippen molar-refractivity contribution in [2.45, 2.75) is 32.9 Å². The number of hydrogen-bond donors (Lipinski definition) is 2. The fourth-order valence-corrected chi connectivity index (χ4v) is 1.68. The Labute approximate surface area is 126 Å². The minimum absolute atomic E-state index is 0.201. The molecule has 5 nitrogen and oxygen atoms in total. The van der Waals surface area contributed by atoms with Gasteiger partial charge in [0.1, 0.15) is 0 Å². The van der Waals surface area contributed by atoms with E-state index >= 15 is 0 Å². The van der Waals surface area contributed by atoms with Crippen LogP contribution in [0.1, 0.15) is 26.3 Å². The highest BCUT2D eigenvalue weighted by Gasteiger charge is 2.20. The lowest BCUT2D eigenvalue weighted by Gasteiger charge is -2.26. The van der Waals surface area contributed by atoms with Crippen molar-refractivity contribution >= 4 is 6.03 Å². The van der Waals surface area contributed by atoms with Crippen LogP contribution in [0.2, 0.25) is 0 Å². The predicted molar refractivity (Wildman–Crippen MR) is 81.5 cm³/mol. The molecule has 1 aromatic rings. The summed E-state index contributed by atoms with van der Waals surface area (Å²) in [7, 11) is 0. The number of ether oxygens (including phenoxy) is 1. The molecule has 0 bridgehead atoms. The molecule has 2 N–H and O–H groups in total. The molecule has 21 heavy (non-hydrogen) atoms. The fourth-order valence-electron chi connectivity index (χ4n) is 1.68. The first-order valence-corrected chi connectivity index (χ1v) is 7.00. The first kappa shape index (κ1) is 17.0. The highest BCUT2D eigenvalue weighted by molar-refractivity contribution is 5.74. The van der Waals surface area contributed by atoms with Crippen LogP contribution >= 0.6 is 0 Å². The Balaban J connectivity index is 2.29. The van der Waals surface area contributed by atoms with Crippen molar-refractivity contribution in [1.82, 2.24) is 10.6 Å². The Morgan fingerprint density at radius 3 is 2.67 bits per heavy atom. The summed E-state index contributed by atoms with van der Waals surface area (Å²) in [5.41, 5.74) is 0.620. The number of rotatable bonds is 7. The molecular formula is C16H23N3O2. The normalized spacial score (nSPS) is 12.3. The quantitative estimate of drug-likeness (QED) is 0.809. The first-order chi connectivity index (χ1) is 9.93. The average Bonchev–Trinajstić information content (AvgIpc) is 2.45. The molecule has 0 spiro atoms. The molecular weight excluding hydrogens is 266 g/mol. The van der Waals surface area contributed by atoms with E-state index in [1.54, 1.807) is 6.92 Å². The smallest absolute Gasteiger partial charge is 0.315 e. The molecule has 0 heterocycles. The molecule has 1 rings (SSSR count). The van der Waals surface area contributed by atoms with Crippen molar-refractivity contribution in [2.75, 3.05) is 13.2 Å². The third-order valence-electron chi connectivity index (χ3n) is 2.82. The van der Waals surface area contributed by atoms with Crippen molar-refractivity contribution in [3.8, 4) is 6.07 Å². The number of nitrogens with zero attached hydrogens (tertiary/aromatic N) is 1. The number of amides is 2. The van der Waals surface area contributed by atoms with Crippen molar-refractivity contribution in [3.05, 3.63) is 35.9 Å². The van der Waals surface area contributed by atoms with E-state index in [1.165, 1.54) is 0 Å². The SMILES string of the molecule is CC(C#N)CNC(=O)NC(C)(C)COCc1ccccc1. The van der Waals surface area contributed by atoms with Gasteiger partial charge < -0.3 is 15.4 Å². The Morgan fingerprint density at radius 1 is 1.38 bits per heavy atom. The second-order valence-electron chi connectivity index (χ2n) is 5.73. The maximum atomic E-state index is 11.7. The number of nitrogens with one attached hydrogen (secondary N) is 2. The van der Waals surface area contributed by atoms with Crippen LogP contribution in [0.3, 0.4) is 0 Å². The van der Waals surface area contributed by atoms with Crippen LogP contribution in [-0.2, 0) is 11.3 Å². The molecule has 5 heteroatoms. The van der Waals surface area contributed by atoms with Gasteiger partial charge in [-0.25, -0.2) is 4.79 Å². The third-order valence-corrected chi connectivity index (χ3v) is 2.82. The molecule has 0 aliphatic carbocycles. The first-order valence-electron chi connectivity index (χ1n) is 7.00. The largest absolute Gasteiger partial charge is 0.374 e. The van der Waals surface area contributed by atoms with E-state index in [2.05, 4.69) is 16.7 Å². The summed E-state index contributed by atoms with van der Waals surface area (Å²) in [5, 5.41) is 14.2. The minimum atomic E-state index is -0.477. The van der Waals surface area contributed by atoms with Gasteiger partial charge in [-0.15, -0.1) is 0 Å². The molecule has 0 aromatic heterocycles. The highest BCUT2D eigenvalue weighted by Crippen LogP contribution is 2.06. The number of carbonyl (C=O) groups is 1. The Bertz CT molecular complexity index is 480. The topological polar surface area (TPSA) is 74.2 Å². The van der Waals surface area contributed by atoms with Gasteiger partial charge in [-0.3, -0.25) is 0 Å². The van der Waals surface area contributed by atoms with E-state index in [0.29, 0.717) is 19.8 Å². The second kappa shape index (κ2) is 8.28. The van der Waals surface area contributed by atoms with E-state index < -0.39 is 5.54 Å². The van der Waals surface area contributed by atoms with E-state index in [4.69, 9.17) is 10.00 Å². The number of nitriles is 1. The van der Waals surface area contributed by atoms with Gasteiger partial charge in [-0.05, 0) is 26.3 Å². The van der Waals surface area contributed by atoms with Gasteiger partial charge in [-0.2, -0.15) is 5.26 Å². The number of carbonyl (C=O) groups excluding carboxylic acids is 1. The minimum Gasteiger partial charge on any atom is -0.374 e. The van der Waals surface area contributed by atoms with Gasteiger partial charge in [0.15, 0.2) is 0 Å². The molecule has 0 saturated carbocycles. The molecule has 0 saturated heterocycles. The zero-order valence-electron chi connectivity index (χ0n) is 12.8. The summed E-state index contributed by atoms with van der Waals surface area (Å²) >= 11 is 0. The van der Waals surface area contributed by atoms with Gasteiger partial charge in [0.25, 0.3) is 0 Å². The molecule has 0 fully saturated rings. The average molecular weight is 289 g/mol. The highest BCUT2D eigenvalue weighted by atomic mass is 16.5. The van der Waals surface area contributed by atoms with Crippen LogP contribution < -0.4 is 10.6 Å². The van der Waals surface area contributed by atoms with Crippen LogP contribution in [-0.4, -0.2) is 24.7 Å². The van der Waals surface area contributed by atoms with Gasteiger partial charge in [-0.1, -0.05) is 30.3 Å². The summed E-state index contributed by atoms with van der Waals surface area (Å²) in [6.07, 6.45) is 0. The van der Waals surface area contributed by atoms with Gasteiger partial charge in [0, 0.05) is 6.54 Å². The van der Waals surface area contributed by atoms with Gasteiger partial charge >= 0.3 is 6.03 Å². The second-order valence-corrected chi connectivity index (χ2v) is 5.73. The van der Waals surface area contributed by atoms with Crippen LogP contribution in [0.15, 0.2) is 30.3 Å². The van der Waals surface area contributed by atoms with E-state index in [1.807, 2.05) is 44.2 Å². The molecule has 1 unspecified atom stereocenters. The lowest BCUT2D eigenvalue weighted by Crippen LogP contribution is -2.51. The van der Waals surface area contributed by atoms with Gasteiger partial charge in [0.05, 0.1) is 30.7 Å². The molecule has 2 amide bonds. The Kier molecular flexibility index (Phi) is 6.70. The fraction of sp³-hybridized carbons (Fsp3) is 0.500. The van der Waals surface area contributed by atoms with Crippen molar-refractivity contribution in [1.29, 1.82) is 5.26 Å². The summed E-state index contributed by atoms with van der Waals surface area (Å²) in [6.45, 7) is 6.80. The number of benzene rings is 1. The molecule has 1 atom stereocenters. The Morgan fingerprint density at radius 2 is 2.05 bits per heavy atom. The van der Waals surface area contributed by atoms with Crippen LogP contribution in [0.4, 0.5) is 4.79 Å². The van der Waals surface area contributed by atoms with Gasteiger partial charge in [0.2, 0.25) is 0 Å². The molecule has 0 radical (unpaired) electrons. The zero-order valence-corrected chi connectivity index (χ0v) is 12.8. The summed E-state index contributed by atoms with van der Waals surface area (Å²) in [4.78, 5) is 11.7. The summed E-state index contributed by atoms with van der Waals surface area (Å²) < 4.78 is 5.64. The predicted octanol–water partition coefficient (Wildman–Crippen LogP) is 2.44. The van der Waals surface area contributed by atoms with Crippen molar-refractivity contribution in [2.24, 2.45) is 5.92 Å². The van der Waals surface area contributed by atoms with Crippen LogP contribution in [0.25, 0.3) is 0 Å². The van der Waals surface area contributed by atoms with E-state index in [-0.39, 0.29) is 11.9 Å². The van der Waals surface area contributed by atoms with Crippen molar-refractivity contribution in [3.63, 3.8) is 0 Å². The monoisotopic (exact) mass is 289 g/mol. The molecule has 0 aliphatic heterocycles. The number of hydrogen-bond acceptors (Lipinski definition) is 3. The van der Waals surface area contributed by atoms with E-state index in [9.17, 15) is 4.79 Å². The Hall–Kier alpha value is -2.06. The molecule has 1 aromatic carbocycles. The standard InChI is InChI=1S/C16H23N3O2/c1-13(9-17)10-18-15(20)19-16(2,3)12-21-11-14-7-5-4-6-8-14/h4-8,13H,10-12H2,1-3H3,(H2,18,19,20). The summed E-state index contributed by atoms with van der Waals surface area (Å²) in [5.74, 6) is -0.201. The summed E-state index contributed by atoms with van der Waals surface area (Å²) in [6, 6.07) is 11.7. The lowest BCUT2D eigenvalue weighted by atomic mass is 10.1. The molecule has 0 aliphatic rings. The molecule has 114 valence electrons. The number of urea groups is 1. The lowest BCUT2D eigenvalue weighted by molar-refractivity contribution is 0.0744. The zero-order chi connectivity index (χ0) is 15.7. The maximum absolute atomic E-state index is 11.7. The van der Waals surface area contributed by atoms with E-state index in [0.717, 1.165) is 5.56 Å². The van der Waals surface area contributed by atoms with Crippen LogP contribution in [0.5, 0.6) is 0 Å². The third kappa shape index (κ3) is 7.33. The van der Waals surface area contributed by atoms with Crippen LogP contribution in [0, 0.1) is 17.2 Å². The van der Waals surface area contributed by atoms with Crippen molar-refractivity contribution < 1.29 is 9.53 Å².